The third-order valence-corrected chi connectivity index (χ3v) is 1.85. The molecule has 0 aliphatic heterocycles. The lowest BCUT2D eigenvalue weighted by Gasteiger charge is -2.06. The van der Waals surface area contributed by atoms with Crippen LogP contribution in [0.5, 0.6) is 0 Å². The van der Waals surface area contributed by atoms with Crippen LogP contribution in [-0.4, -0.2) is 39.2 Å². The van der Waals surface area contributed by atoms with Gasteiger partial charge in [-0.3, -0.25) is 8.74 Å². The Hall–Kier alpha value is -0.960. The summed E-state index contributed by atoms with van der Waals surface area (Å²) < 4.78 is 34.2. The smallest absolute Gasteiger partial charge is 0.397 e. The van der Waals surface area contributed by atoms with Gasteiger partial charge in [0.15, 0.2) is 0 Å². The first-order chi connectivity index (χ1) is 7.19. The first kappa shape index (κ1) is 17.4. The van der Waals surface area contributed by atoms with Gasteiger partial charge < -0.3 is 10.5 Å². The predicted octanol–water partition coefficient (Wildman–Crippen LogP) is -0.111. The summed E-state index contributed by atoms with van der Waals surface area (Å²) in [6.45, 7) is 3.50. The number of esters is 1. The highest BCUT2D eigenvalue weighted by Gasteiger charge is 2.11. The summed E-state index contributed by atoms with van der Waals surface area (Å²) in [6, 6.07) is -0.252. The summed E-state index contributed by atoms with van der Waals surface area (Å²) in [6.07, 6.45) is 1.66. The molecule has 0 aliphatic carbocycles. The minimum atomic E-state index is -4.16. The SMILES string of the molecule is CC=C(C(=O)OC)C(C)N.COS(=O)(=O)O. The number of carbonyl (C=O) groups excluding carboxylic acids is 1. The molecule has 1 unspecified atom stereocenters. The minimum absolute atomic E-state index is 0.252. The summed E-state index contributed by atoms with van der Waals surface area (Å²) in [7, 11) is -1.95. The summed E-state index contributed by atoms with van der Waals surface area (Å²) in [5, 5.41) is 0. The Morgan fingerprint density at radius 1 is 1.44 bits per heavy atom. The average molecular weight is 255 g/mol. The molecule has 0 aromatic carbocycles. The number of carbonyl (C=O) groups is 1. The lowest BCUT2D eigenvalue weighted by molar-refractivity contribution is -0.136. The summed E-state index contributed by atoms with van der Waals surface area (Å²) in [4.78, 5) is 10.8. The van der Waals surface area contributed by atoms with Gasteiger partial charge in [-0.2, -0.15) is 8.42 Å². The van der Waals surface area contributed by atoms with Gasteiger partial charge in [0.25, 0.3) is 0 Å². The van der Waals surface area contributed by atoms with Crippen LogP contribution in [0.3, 0.4) is 0 Å². The molecule has 16 heavy (non-hydrogen) atoms. The maximum Gasteiger partial charge on any atom is 0.397 e. The maximum absolute atomic E-state index is 10.8. The topological polar surface area (TPSA) is 116 Å². The zero-order valence-corrected chi connectivity index (χ0v) is 10.4. The standard InChI is InChI=1S/C7H13NO2.CH4O4S/c1-4-6(5(2)8)7(9)10-3;1-5-6(2,3)4/h4-5H,8H2,1-3H3;1H3,(H,2,3,4). The molecule has 96 valence electrons. The molecule has 0 fully saturated rings. The van der Waals surface area contributed by atoms with Crippen molar-refractivity contribution in [3.8, 4) is 0 Å². The van der Waals surface area contributed by atoms with E-state index in [-0.39, 0.29) is 12.0 Å². The third-order valence-electron chi connectivity index (χ3n) is 1.43. The second kappa shape index (κ2) is 8.22. The van der Waals surface area contributed by atoms with E-state index < -0.39 is 10.4 Å². The van der Waals surface area contributed by atoms with Crippen molar-refractivity contribution in [2.75, 3.05) is 14.2 Å². The van der Waals surface area contributed by atoms with E-state index in [4.69, 9.17) is 10.3 Å². The third kappa shape index (κ3) is 9.59. The number of methoxy groups -OCH3 is 1. The van der Waals surface area contributed by atoms with Crippen LogP contribution in [0.25, 0.3) is 0 Å². The molecule has 0 rings (SSSR count). The van der Waals surface area contributed by atoms with Gasteiger partial charge in [-0.25, -0.2) is 4.79 Å². The zero-order valence-electron chi connectivity index (χ0n) is 9.63. The molecule has 8 heteroatoms. The normalized spacial score (nSPS) is 13.5. The Balaban J connectivity index is 0. The van der Waals surface area contributed by atoms with Crippen molar-refractivity contribution in [1.29, 1.82) is 0 Å². The molecule has 0 aliphatic rings. The molecule has 1 atom stereocenters. The van der Waals surface area contributed by atoms with Crippen molar-refractivity contribution in [2.45, 2.75) is 19.9 Å². The van der Waals surface area contributed by atoms with Gasteiger partial charge >= 0.3 is 16.4 Å². The molecule has 7 nitrogen and oxygen atoms in total. The van der Waals surface area contributed by atoms with Gasteiger partial charge in [0, 0.05) is 11.6 Å². The fraction of sp³-hybridized carbons (Fsp3) is 0.625. The quantitative estimate of drug-likeness (QED) is 0.410. The van der Waals surface area contributed by atoms with Crippen LogP contribution in [0.1, 0.15) is 13.8 Å². The molecule has 3 N–H and O–H groups in total. The van der Waals surface area contributed by atoms with Crippen LogP contribution in [0.4, 0.5) is 0 Å². The highest BCUT2D eigenvalue weighted by atomic mass is 32.3. The Labute approximate surface area is 95.2 Å². The molecular formula is C8H17NO6S. The average Bonchev–Trinajstić information content (AvgIpc) is 2.18. The number of hydrogen-bond acceptors (Lipinski definition) is 6. The van der Waals surface area contributed by atoms with Crippen LogP contribution >= 0.6 is 0 Å². The van der Waals surface area contributed by atoms with Crippen LogP contribution in [-0.2, 0) is 24.1 Å². The number of ether oxygens (including phenoxy) is 1. The second-order valence-corrected chi connectivity index (χ2v) is 3.81. The first-order valence-electron chi connectivity index (χ1n) is 4.22. The Morgan fingerprint density at radius 2 is 1.81 bits per heavy atom. The molecule has 0 aromatic rings. The van der Waals surface area contributed by atoms with E-state index in [1.165, 1.54) is 7.11 Å². The monoisotopic (exact) mass is 255 g/mol. The molecule has 0 saturated carbocycles. The maximum atomic E-state index is 10.8. The fourth-order valence-corrected chi connectivity index (χ4v) is 0.684. The molecule has 0 saturated heterocycles. The van der Waals surface area contributed by atoms with E-state index in [0.29, 0.717) is 5.57 Å². The van der Waals surface area contributed by atoms with Gasteiger partial charge in [-0.15, -0.1) is 0 Å². The molecule has 0 aromatic heterocycles. The minimum Gasteiger partial charge on any atom is -0.466 e. The van der Waals surface area contributed by atoms with Gasteiger partial charge in [0.2, 0.25) is 0 Å². The zero-order chi connectivity index (χ0) is 13.4. The number of hydrogen-bond donors (Lipinski definition) is 2. The molecule has 0 spiro atoms. The Bertz CT molecular complexity index is 332. The van der Waals surface area contributed by atoms with Crippen LogP contribution in [0, 0.1) is 0 Å². The van der Waals surface area contributed by atoms with E-state index in [2.05, 4.69) is 8.92 Å². The van der Waals surface area contributed by atoms with Crippen molar-refractivity contribution in [3.05, 3.63) is 11.6 Å². The van der Waals surface area contributed by atoms with Crippen molar-refractivity contribution < 1.29 is 26.7 Å². The Kier molecular flexibility index (Phi) is 8.96. The molecule has 0 bridgehead atoms. The van der Waals surface area contributed by atoms with E-state index >= 15 is 0 Å². The Morgan fingerprint density at radius 3 is 1.88 bits per heavy atom. The summed E-state index contributed by atoms with van der Waals surface area (Å²) in [5.41, 5.74) is 5.97. The predicted molar refractivity (Wildman–Crippen MR) is 58.0 cm³/mol. The van der Waals surface area contributed by atoms with Crippen LogP contribution < -0.4 is 5.73 Å². The van der Waals surface area contributed by atoms with Gasteiger partial charge in [0.1, 0.15) is 0 Å². The summed E-state index contributed by atoms with van der Waals surface area (Å²) in [5.74, 6) is -0.350. The van der Waals surface area contributed by atoms with Crippen LogP contribution in [0.15, 0.2) is 11.6 Å². The van der Waals surface area contributed by atoms with E-state index in [1.807, 2.05) is 0 Å². The largest absolute Gasteiger partial charge is 0.466 e. The molecule has 0 radical (unpaired) electrons. The molecule has 0 amide bonds. The lowest BCUT2D eigenvalue weighted by atomic mass is 10.1. The van der Waals surface area contributed by atoms with E-state index in [9.17, 15) is 13.2 Å². The first-order valence-corrected chi connectivity index (χ1v) is 5.59. The lowest BCUT2D eigenvalue weighted by Crippen LogP contribution is -2.24. The van der Waals surface area contributed by atoms with Gasteiger partial charge in [0.05, 0.1) is 14.2 Å². The van der Waals surface area contributed by atoms with Crippen molar-refractivity contribution in [2.24, 2.45) is 5.73 Å². The van der Waals surface area contributed by atoms with Gasteiger partial charge in [-0.1, -0.05) is 6.08 Å². The van der Waals surface area contributed by atoms with Gasteiger partial charge in [-0.05, 0) is 13.8 Å². The highest BCUT2D eigenvalue weighted by molar-refractivity contribution is 7.80. The van der Waals surface area contributed by atoms with Crippen molar-refractivity contribution >= 4 is 16.4 Å². The second-order valence-electron chi connectivity index (χ2n) is 2.62. The molecular weight excluding hydrogens is 238 g/mol. The molecule has 0 heterocycles. The van der Waals surface area contributed by atoms with E-state index in [0.717, 1.165) is 7.11 Å². The van der Waals surface area contributed by atoms with Crippen LogP contribution in [0.2, 0.25) is 0 Å². The number of rotatable bonds is 3. The fourth-order valence-electron chi connectivity index (χ4n) is 0.684. The van der Waals surface area contributed by atoms with Crippen molar-refractivity contribution in [1.82, 2.24) is 0 Å². The highest BCUT2D eigenvalue weighted by Crippen LogP contribution is 2.00. The van der Waals surface area contributed by atoms with E-state index in [1.54, 1.807) is 19.9 Å². The number of allylic oxidation sites excluding steroid dienone is 1. The summed E-state index contributed by atoms with van der Waals surface area (Å²) >= 11 is 0. The van der Waals surface area contributed by atoms with Crippen molar-refractivity contribution in [3.63, 3.8) is 0 Å². The number of nitrogens with two attached hydrogens (primary N) is 1.